The predicted molar refractivity (Wildman–Crippen MR) is 211 cm³/mol. The molecule has 0 aliphatic carbocycles. The zero-order valence-corrected chi connectivity index (χ0v) is 32.7. The molecule has 0 atom stereocenters. The molecule has 0 saturated heterocycles. The topological polar surface area (TPSA) is 322 Å². The molecule has 0 saturated carbocycles. The first-order valence-electron chi connectivity index (χ1n) is 15.8. The Labute approximate surface area is 327 Å². The second-order valence-electron chi connectivity index (χ2n) is 10.8. The summed E-state index contributed by atoms with van der Waals surface area (Å²) in [6.45, 7) is 0. The third-order valence-corrected chi connectivity index (χ3v) is 10.9. The van der Waals surface area contributed by atoms with Crippen LogP contribution >= 0.6 is 0 Å². The fourth-order valence-electron chi connectivity index (χ4n) is 4.13. The third kappa shape index (κ3) is 12.0. The quantitative estimate of drug-likeness (QED) is 0.0964. The van der Waals surface area contributed by atoms with E-state index in [1.807, 2.05) is 0 Å². The maximum atomic E-state index is 12.1. The maximum absolute atomic E-state index is 12.1. The molecule has 57 heavy (non-hydrogen) atoms. The molecular weight excluding hydrogens is 805 g/mol. The zero-order valence-electron chi connectivity index (χ0n) is 30.2. The summed E-state index contributed by atoms with van der Waals surface area (Å²) in [4.78, 5) is 23.4. The summed E-state index contributed by atoms with van der Waals surface area (Å²) in [6, 6.07) is 17.4. The van der Waals surface area contributed by atoms with Gasteiger partial charge in [-0.3, -0.25) is 14.2 Å². The van der Waals surface area contributed by atoms with Crippen molar-refractivity contribution in [2.45, 2.75) is 14.7 Å². The normalized spacial score (nSPS) is 11.0. The molecule has 0 amide bonds. The lowest BCUT2D eigenvalue weighted by Gasteiger charge is -2.09. The monoisotopic (exact) mass is 840 g/mol. The van der Waals surface area contributed by atoms with Crippen LogP contribution in [0.5, 0.6) is 17.6 Å². The molecule has 0 aliphatic rings. The number of hydrogen-bond donors (Lipinski definition) is 6. The highest BCUT2D eigenvalue weighted by Gasteiger charge is 2.20. The summed E-state index contributed by atoms with van der Waals surface area (Å²) < 4.78 is 94.3. The number of hydrogen-bond acceptors (Lipinski definition) is 18. The van der Waals surface area contributed by atoms with Crippen LogP contribution in [0.15, 0.2) is 125 Å². The predicted octanol–water partition coefficient (Wildman–Crippen LogP) is 2.60. The van der Waals surface area contributed by atoms with E-state index >= 15 is 0 Å². The van der Waals surface area contributed by atoms with Crippen molar-refractivity contribution in [1.29, 1.82) is 0 Å². The smallest absolute Gasteiger partial charge is 0.263 e. The number of rotatable bonds is 12. The van der Waals surface area contributed by atoms with Crippen LogP contribution in [-0.2, 0) is 30.1 Å². The average Bonchev–Trinajstić information content (AvgIpc) is 3.19. The van der Waals surface area contributed by atoms with Crippen LogP contribution in [0, 0.1) is 0 Å². The van der Waals surface area contributed by atoms with Gasteiger partial charge in [-0.15, -0.1) is 0 Å². The molecule has 6 rings (SSSR count). The van der Waals surface area contributed by atoms with Gasteiger partial charge >= 0.3 is 0 Å². The summed E-state index contributed by atoms with van der Waals surface area (Å²) in [6.07, 6.45) is 8.30. The van der Waals surface area contributed by atoms with Crippen LogP contribution in [0.4, 0.5) is 34.5 Å². The average molecular weight is 841 g/mol. The number of nitrogens with one attached hydrogen (secondary N) is 3. The number of sulfonamides is 3. The summed E-state index contributed by atoms with van der Waals surface area (Å²) in [5, 5.41) is 0. The Kier molecular flexibility index (Phi) is 14.2. The third-order valence-electron chi connectivity index (χ3n) is 6.84. The molecule has 24 heteroatoms. The second kappa shape index (κ2) is 19.0. The van der Waals surface area contributed by atoms with E-state index < -0.39 is 30.1 Å². The number of nitrogens with zero attached hydrogens (tertiary/aromatic N) is 6. The van der Waals surface area contributed by atoms with E-state index in [0.29, 0.717) is 17.1 Å². The van der Waals surface area contributed by atoms with Crippen LogP contribution < -0.4 is 45.6 Å². The molecule has 0 aliphatic heterocycles. The highest BCUT2D eigenvalue weighted by Crippen LogP contribution is 2.24. The number of anilines is 6. The standard InChI is InChI=1S/3C11H12N4O3S/c3*1-18-11-10(13-6-7-14-11)15-19(16,17)9-4-2-8(12)3-5-9/h3*2-7H,12H2,1H3,(H,13,15). The molecule has 0 fully saturated rings. The Bertz CT molecular complexity index is 2300. The molecular formula is C33H36N12O9S3. The van der Waals surface area contributed by atoms with Crippen molar-refractivity contribution in [2.75, 3.05) is 52.7 Å². The van der Waals surface area contributed by atoms with E-state index in [4.69, 9.17) is 31.4 Å². The van der Waals surface area contributed by atoms with E-state index in [2.05, 4.69) is 44.1 Å². The van der Waals surface area contributed by atoms with Crippen molar-refractivity contribution < 1.29 is 39.5 Å². The fourth-order valence-corrected chi connectivity index (χ4v) is 7.15. The van der Waals surface area contributed by atoms with Gasteiger partial charge in [0.1, 0.15) is 0 Å². The van der Waals surface area contributed by atoms with Crippen LogP contribution in [0.25, 0.3) is 0 Å². The molecule has 0 bridgehead atoms. The molecule has 3 heterocycles. The maximum Gasteiger partial charge on any atom is 0.263 e. The SMILES string of the molecule is COc1nccnc1NS(=O)(=O)c1ccc(N)cc1.COc1nccnc1NS(=O)(=O)c1ccc(N)cc1.COc1nccnc1NS(=O)(=O)c1ccc(N)cc1. The Morgan fingerprint density at radius 1 is 0.386 bits per heavy atom. The number of nitrogens with two attached hydrogens (primary N) is 3. The summed E-state index contributed by atoms with van der Waals surface area (Å²) in [5.41, 5.74) is 18.0. The lowest BCUT2D eigenvalue weighted by atomic mass is 10.3. The lowest BCUT2D eigenvalue weighted by molar-refractivity contribution is 0.398. The molecule has 3 aromatic carbocycles. The minimum atomic E-state index is -3.75. The highest BCUT2D eigenvalue weighted by molar-refractivity contribution is 7.93. The van der Waals surface area contributed by atoms with Crippen molar-refractivity contribution >= 4 is 64.6 Å². The highest BCUT2D eigenvalue weighted by atomic mass is 32.2. The number of ether oxygens (including phenoxy) is 3. The summed E-state index contributed by atoms with van der Waals surface area (Å²) in [5.74, 6) is 0.384. The lowest BCUT2D eigenvalue weighted by Crippen LogP contribution is -2.15. The van der Waals surface area contributed by atoms with Crippen molar-refractivity contribution in [1.82, 2.24) is 29.9 Å². The van der Waals surface area contributed by atoms with Crippen molar-refractivity contribution in [3.63, 3.8) is 0 Å². The Morgan fingerprint density at radius 2 is 0.596 bits per heavy atom. The van der Waals surface area contributed by atoms with Crippen LogP contribution in [0.2, 0.25) is 0 Å². The molecule has 0 spiro atoms. The Morgan fingerprint density at radius 3 is 0.807 bits per heavy atom. The van der Waals surface area contributed by atoms with Crippen molar-refractivity contribution in [3.05, 3.63) is 110 Å². The van der Waals surface area contributed by atoms with Gasteiger partial charge in [-0.1, -0.05) is 0 Å². The van der Waals surface area contributed by atoms with Gasteiger partial charge < -0.3 is 31.4 Å². The van der Waals surface area contributed by atoms with Gasteiger partial charge in [0.25, 0.3) is 47.7 Å². The molecule has 21 nitrogen and oxygen atoms in total. The van der Waals surface area contributed by atoms with E-state index in [-0.39, 0.29) is 49.8 Å². The fraction of sp³-hybridized carbons (Fsp3) is 0.0909. The van der Waals surface area contributed by atoms with E-state index in [0.717, 1.165) is 0 Å². The van der Waals surface area contributed by atoms with Crippen LogP contribution in [-0.4, -0.2) is 76.5 Å². The van der Waals surface area contributed by atoms with Gasteiger partial charge in [-0.2, -0.15) is 0 Å². The largest absolute Gasteiger partial charge is 0.478 e. The first-order chi connectivity index (χ1) is 27.1. The minimum absolute atomic E-state index is 0.0295. The van der Waals surface area contributed by atoms with E-state index in [1.165, 1.54) is 131 Å². The van der Waals surface area contributed by atoms with Crippen LogP contribution in [0.1, 0.15) is 0 Å². The van der Waals surface area contributed by atoms with Gasteiger partial charge in [-0.25, -0.2) is 55.2 Å². The molecule has 3 aromatic heterocycles. The zero-order chi connectivity index (χ0) is 41.6. The van der Waals surface area contributed by atoms with Gasteiger partial charge in [-0.05, 0) is 72.8 Å². The number of benzene rings is 3. The van der Waals surface area contributed by atoms with Crippen LogP contribution in [0.3, 0.4) is 0 Å². The van der Waals surface area contributed by atoms with Crippen molar-refractivity contribution in [3.8, 4) is 17.6 Å². The van der Waals surface area contributed by atoms with Gasteiger partial charge in [0.05, 0.1) is 36.0 Å². The van der Waals surface area contributed by atoms with Gasteiger partial charge in [0, 0.05) is 54.2 Å². The molecule has 6 aromatic rings. The molecule has 300 valence electrons. The Balaban J connectivity index is 0.000000189. The molecule has 9 N–H and O–H groups in total. The number of nitrogen functional groups attached to an aromatic ring is 3. The van der Waals surface area contributed by atoms with E-state index in [1.54, 1.807) is 0 Å². The number of aromatic nitrogens is 6. The van der Waals surface area contributed by atoms with E-state index in [9.17, 15) is 25.3 Å². The van der Waals surface area contributed by atoms with Gasteiger partial charge in [0.2, 0.25) is 17.5 Å². The molecule has 0 radical (unpaired) electrons. The summed E-state index contributed by atoms with van der Waals surface area (Å²) >= 11 is 0. The number of methoxy groups -OCH3 is 3. The minimum Gasteiger partial charge on any atom is -0.478 e. The summed E-state index contributed by atoms with van der Waals surface area (Å²) in [7, 11) is -7.11. The Hall–Kier alpha value is -7.05. The van der Waals surface area contributed by atoms with Crippen molar-refractivity contribution in [2.24, 2.45) is 0 Å². The molecule has 0 unspecified atom stereocenters. The van der Waals surface area contributed by atoms with Gasteiger partial charge in [0.15, 0.2) is 0 Å². The first kappa shape index (κ1) is 42.7. The second-order valence-corrected chi connectivity index (χ2v) is 15.8. The first-order valence-corrected chi connectivity index (χ1v) is 20.2.